The minimum Gasteiger partial charge on any atom is -0.409 e. The number of rotatable bonds is 9. The molecule has 0 bridgehead atoms. The van der Waals surface area contributed by atoms with Crippen molar-refractivity contribution in [1.82, 2.24) is 0 Å². The van der Waals surface area contributed by atoms with E-state index in [9.17, 15) is 0 Å². The van der Waals surface area contributed by atoms with Crippen molar-refractivity contribution in [3.8, 4) is 17.2 Å². The van der Waals surface area contributed by atoms with Crippen LogP contribution in [0.3, 0.4) is 0 Å². The van der Waals surface area contributed by atoms with Gasteiger partial charge in [-0.1, -0.05) is 61.9 Å². The lowest BCUT2D eigenvalue weighted by molar-refractivity contribution is 0.388. The third-order valence-corrected chi connectivity index (χ3v) is 4.85. The van der Waals surface area contributed by atoms with Crippen LogP contribution in [0.2, 0.25) is 0 Å². The zero-order valence-corrected chi connectivity index (χ0v) is 15.8. The highest BCUT2D eigenvalue weighted by molar-refractivity contribution is 7.43. The minimum absolute atomic E-state index is 0.717. The monoisotopic (exact) mass is 366 g/mol. The lowest BCUT2D eigenvalue weighted by atomic mass is 10.1. The molecule has 0 amide bonds. The van der Waals surface area contributed by atoms with Gasteiger partial charge in [0.05, 0.1) is 0 Å². The Kier molecular flexibility index (Phi) is 6.92. The van der Waals surface area contributed by atoms with E-state index >= 15 is 0 Å². The maximum Gasteiger partial charge on any atom is 0.530 e. The van der Waals surface area contributed by atoms with Gasteiger partial charge in [-0.2, -0.15) is 0 Å². The van der Waals surface area contributed by atoms with Gasteiger partial charge >= 0.3 is 8.60 Å². The minimum atomic E-state index is -1.61. The number of unbranched alkanes of at least 4 members (excludes halogenated alkanes) is 1. The molecule has 3 rings (SSSR count). The lowest BCUT2D eigenvalue weighted by Gasteiger charge is -2.18. The molecule has 3 aromatic rings. The molecule has 0 atom stereocenters. The number of benzene rings is 3. The number of para-hydroxylation sites is 2. The highest BCUT2D eigenvalue weighted by Crippen LogP contribution is 2.42. The van der Waals surface area contributed by atoms with Crippen LogP contribution in [0, 0.1) is 0 Å². The van der Waals surface area contributed by atoms with E-state index in [0.29, 0.717) is 11.5 Å². The third kappa shape index (κ3) is 5.79. The van der Waals surface area contributed by atoms with Crippen molar-refractivity contribution < 1.29 is 13.6 Å². The summed E-state index contributed by atoms with van der Waals surface area (Å²) in [5.74, 6) is 2.17. The highest BCUT2D eigenvalue weighted by atomic mass is 31.2. The molecule has 0 heterocycles. The first-order valence-electron chi connectivity index (χ1n) is 8.86. The quantitative estimate of drug-likeness (QED) is 0.390. The Morgan fingerprint density at radius 2 is 1.08 bits per heavy atom. The first-order valence-corrected chi connectivity index (χ1v) is 9.96. The molecule has 0 aliphatic rings. The van der Waals surface area contributed by atoms with Gasteiger partial charge in [-0.05, 0) is 54.8 Å². The average Bonchev–Trinajstić information content (AvgIpc) is 2.69. The summed E-state index contributed by atoms with van der Waals surface area (Å²) in [7, 11) is -1.61. The standard InChI is InChI=1S/C22H23O3P/c1-2-3-10-19-15-17-22(18-16-19)25-26(23-20-11-6-4-7-12-20)24-21-13-8-5-9-14-21/h4-9,11-18H,2-3,10H2,1H3. The van der Waals surface area contributed by atoms with Gasteiger partial charge in [0.2, 0.25) is 0 Å². The van der Waals surface area contributed by atoms with Gasteiger partial charge in [0, 0.05) is 0 Å². The van der Waals surface area contributed by atoms with Crippen molar-refractivity contribution in [3.63, 3.8) is 0 Å². The average molecular weight is 366 g/mol. The summed E-state index contributed by atoms with van der Waals surface area (Å²) in [4.78, 5) is 0. The normalized spacial score (nSPS) is 10.5. The fraction of sp³-hybridized carbons (Fsp3) is 0.182. The fourth-order valence-corrected chi connectivity index (χ4v) is 3.37. The van der Waals surface area contributed by atoms with Crippen molar-refractivity contribution in [3.05, 3.63) is 90.5 Å². The second kappa shape index (κ2) is 9.84. The molecule has 0 saturated carbocycles. The molecule has 0 fully saturated rings. The fourth-order valence-electron chi connectivity index (χ4n) is 2.37. The van der Waals surface area contributed by atoms with Crippen molar-refractivity contribution in [2.75, 3.05) is 0 Å². The van der Waals surface area contributed by atoms with Gasteiger partial charge in [0.25, 0.3) is 0 Å². The van der Waals surface area contributed by atoms with Crippen LogP contribution in [0.4, 0.5) is 0 Å². The van der Waals surface area contributed by atoms with Gasteiger partial charge in [-0.25, -0.2) is 0 Å². The molecule has 134 valence electrons. The third-order valence-electron chi connectivity index (χ3n) is 3.77. The molecular formula is C22H23O3P. The zero-order chi connectivity index (χ0) is 18.0. The van der Waals surface area contributed by atoms with Crippen LogP contribution in [0.5, 0.6) is 17.2 Å². The maximum atomic E-state index is 6.00. The molecule has 0 radical (unpaired) electrons. The van der Waals surface area contributed by atoms with Gasteiger partial charge in [0.1, 0.15) is 17.2 Å². The topological polar surface area (TPSA) is 27.7 Å². The van der Waals surface area contributed by atoms with E-state index in [-0.39, 0.29) is 0 Å². The van der Waals surface area contributed by atoms with Crippen LogP contribution >= 0.6 is 8.60 Å². The Morgan fingerprint density at radius 1 is 0.615 bits per heavy atom. The predicted molar refractivity (Wildman–Crippen MR) is 107 cm³/mol. The molecule has 26 heavy (non-hydrogen) atoms. The Bertz CT molecular complexity index is 719. The Labute approximate surface area is 156 Å². The van der Waals surface area contributed by atoms with Gasteiger partial charge < -0.3 is 13.6 Å². The van der Waals surface area contributed by atoms with Gasteiger partial charge in [0.15, 0.2) is 0 Å². The molecule has 3 nitrogen and oxygen atoms in total. The van der Waals surface area contributed by atoms with E-state index in [0.717, 1.165) is 12.2 Å². The Hall–Kier alpha value is -2.51. The van der Waals surface area contributed by atoms with E-state index in [1.165, 1.54) is 18.4 Å². The summed E-state index contributed by atoms with van der Waals surface area (Å²) in [6.45, 7) is 2.20. The van der Waals surface area contributed by atoms with E-state index in [1.807, 2.05) is 72.8 Å². The molecule has 0 aliphatic carbocycles. The molecule has 0 aromatic heterocycles. The second-order valence-corrected chi connectivity index (χ2v) is 6.87. The first kappa shape index (κ1) is 18.3. The van der Waals surface area contributed by atoms with E-state index < -0.39 is 8.60 Å². The summed E-state index contributed by atoms with van der Waals surface area (Å²) in [5, 5.41) is 0. The van der Waals surface area contributed by atoms with Crippen LogP contribution in [-0.2, 0) is 6.42 Å². The SMILES string of the molecule is CCCCc1ccc(OP(Oc2ccccc2)Oc2ccccc2)cc1. The molecule has 3 aromatic carbocycles. The van der Waals surface area contributed by atoms with E-state index in [2.05, 4.69) is 19.1 Å². The highest BCUT2D eigenvalue weighted by Gasteiger charge is 2.19. The molecule has 4 heteroatoms. The summed E-state index contributed by atoms with van der Waals surface area (Å²) in [6.07, 6.45) is 3.48. The summed E-state index contributed by atoms with van der Waals surface area (Å²) < 4.78 is 17.9. The molecule has 0 N–H and O–H groups in total. The second-order valence-electron chi connectivity index (χ2n) is 5.87. The van der Waals surface area contributed by atoms with Crippen molar-refractivity contribution in [1.29, 1.82) is 0 Å². The largest absolute Gasteiger partial charge is 0.530 e. The van der Waals surface area contributed by atoms with Crippen molar-refractivity contribution in [2.24, 2.45) is 0 Å². The van der Waals surface area contributed by atoms with Gasteiger partial charge in [-0.3, -0.25) is 0 Å². The van der Waals surface area contributed by atoms with E-state index in [1.54, 1.807) is 0 Å². The zero-order valence-electron chi connectivity index (χ0n) is 14.9. The Morgan fingerprint density at radius 3 is 1.54 bits per heavy atom. The van der Waals surface area contributed by atoms with Crippen LogP contribution in [0.25, 0.3) is 0 Å². The first-order chi connectivity index (χ1) is 12.8. The van der Waals surface area contributed by atoms with Crippen molar-refractivity contribution in [2.45, 2.75) is 26.2 Å². The molecule has 0 unspecified atom stereocenters. The van der Waals surface area contributed by atoms with Crippen LogP contribution in [-0.4, -0.2) is 0 Å². The molecule has 0 saturated heterocycles. The van der Waals surface area contributed by atoms with Crippen LogP contribution < -0.4 is 13.6 Å². The summed E-state index contributed by atoms with van der Waals surface area (Å²) in [5.41, 5.74) is 1.32. The van der Waals surface area contributed by atoms with Crippen LogP contribution in [0.1, 0.15) is 25.3 Å². The molecule has 0 spiro atoms. The smallest absolute Gasteiger partial charge is 0.409 e. The summed E-state index contributed by atoms with van der Waals surface area (Å²) >= 11 is 0. The predicted octanol–water partition coefficient (Wildman–Crippen LogP) is 6.79. The molecule has 0 aliphatic heterocycles. The molecular weight excluding hydrogens is 343 g/mol. The van der Waals surface area contributed by atoms with Crippen LogP contribution in [0.15, 0.2) is 84.9 Å². The lowest BCUT2D eigenvalue weighted by Crippen LogP contribution is -2.02. The van der Waals surface area contributed by atoms with Crippen molar-refractivity contribution >= 4 is 8.60 Å². The number of hydrogen-bond donors (Lipinski definition) is 0. The summed E-state index contributed by atoms with van der Waals surface area (Å²) in [6, 6.07) is 27.3. The number of hydrogen-bond acceptors (Lipinski definition) is 3. The van der Waals surface area contributed by atoms with Gasteiger partial charge in [-0.15, -0.1) is 0 Å². The maximum absolute atomic E-state index is 6.00. The van der Waals surface area contributed by atoms with E-state index in [4.69, 9.17) is 13.6 Å². The Balaban J connectivity index is 1.70. The number of aryl methyl sites for hydroxylation is 1.